The number of hydrogen-bond acceptors (Lipinski definition) is 3. The van der Waals surface area contributed by atoms with Gasteiger partial charge in [-0.3, -0.25) is 4.79 Å². The van der Waals surface area contributed by atoms with Crippen LogP contribution < -0.4 is 10.6 Å². The van der Waals surface area contributed by atoms with Crippen molar-refractivity contribution in [2.75, 3.05) is 31.1 Å². The van der Waals surface area contributed by atoms with Crippen LogP contribution in [0.4, 0.5) is 0 Å². The highest BCUT2D eigenvalue weighted by Gasteiger charge is 2.38. The second-order valence-electron chi connectivity index (χ2n) is 6.08. The Morgan fingerprint density at radius 1 is 1.42 bits per heavy atom. The lowest BCUT2D eigenvalue weighted by atomic mass is 9.76. The fourth-order valence-electron chi connectivity index (χ4n) is 3.34. The van der Waals surface area contributed by atoms with Crippen molar-refractivity contribution in [3.8, 4) is 0 Å². The smallest absolute Gasteiger partial charge is 0.227 e. The number of piperidine rings is 1. The van der Waals surface area contributed by atoms with E-state index in [4.69, 9.17) is 0 Å². The van der Waals surface area contributed by atoms with E-state index >= 15 is 0 Å². The van der Waals surface area contributed by atoms with E-state index in [1.54, 1.807) is 0 Å². The molecule has 2 rings (SSSR count). The van der Waals surface area contributed by atoms with Gasteiger partial charge in [-0.05, 0) is 56.1 Å². The van der Waals surface area contributed by atoms with Crippen LogP contribution in [0.3, 0.4) is 0 Å². The van der Waals surface area contributed by atoms with E-state index < -0.39 is 0 Å². The normalized spacial score (nSPS) is 29.1. The average molecular weight is 284 g/mol. The third-order valence-electron chi connectivity index (χ3n) is 4.57. The molecular formula is C15H28N2OS. The van der Waals surface area contributed by atoms with Gasteiger partial charge >= 0.3 is 0 Å². The van der Waals surface area contributed by atoms with E-state index in [9.17, 15) is 4.79 Å². The first-order valence-electron chi connectivity index (χ1n) is 7.83. The molecule has 0 spiro atoms. The lowest BCUT2D eigenvalue weighted by Gasteiger charge is -2.36. The molecule has 0 saturated carbocycles. The Balaban J connectivity index is 1.84. The standard InChI is InChI=1S/C15H28N2OS/c1-2-6-15(7-3-8-16-12-15)14(18)17-11-13-4-9-19-10-5-13/h13,16H,2-12H2,1H3,(H,17,18). The summed E-state index contributed by atoms with van der Waals surface area (Å²) in [6.07, 6.45) is 6.84. The predicted molar refractivity (Wildman–Crippen MR) is 82.5 cm³/mol. The van der Waals surface area contributed by atoms with E-state index in [0.29, 0.717) is 11.8 Å². The quantitative estimate of drug-likeness (QED) is 0.814. The summed E-state index contributed by atoms with van der Waals surface area (Å²) in [7, 11) is 0. The molecular weight excluding hydrogens is 256 g/mol. The number of carbonyl (C=O) groups is 1. The molecule has 4 heteroatoms. The zero-order valence-corrected chi connectivity index (χ0v) is 13.0. The third kappa shape index (κ3) is 4.12. The molecule has 110 valence electrons. The van der Waals surface area contributed by atoms with E-state index in [2.05, 4.69) is 17.6 Å². The molecule has 0 bridgehead atoms. The highest BCUT2D eigenvalue weighted by molar-refractivity contribution is 7.99. The van der Waals surface area contributed by atoms with Gasteiger partial charge in [0.1, 0.15) is 0 Å². The van der Waals surface area contributed by atoms with Gasteiger partial charge in [0.2, 0.25) is 5.91 Å². The molecule has 2 heterocycles. The van der Waals surface area contributed by atoms with Crippen LogP contribution in [0.5, 0.6) is 0 Å². The van der Waals surface area contributed by atoms with Crippen LogP contribution in [0.1, 0.15) is 45.4 Å². The summed E-state index contributed by atoms with van der Waals surface area (Å²) >= 11 is 2.05. The lowest BCUT2D eigenvalue weighted by molar-refractivity contribution is -0.132. The number of hydrogen-bond donors (Lipinski definition) is 2. The number of rotatable bonds is 5. The van der Waals surface area contributed by atoms with Crippen molar-refractivity contribution in [1.29, 1.82) is 0 Å². The minimum atomic E-state index is -0.129. The molecule has 2 N–H and O–H groups in total. The lowest BCUT2D eigenvalue weighted by Crippen LogP contribution is -2.51. The molecule has 1 amide bonds. The van der Waals surface area contributed by atoms with Gasteiger partial charge in [-0.15, -0.1) is 0 Å². The highest BCUT2D eigenvalue weighted by atomic mass is 32.2. The molecule has 2 fully saturated rings. The van der Waals surface area contributed by atoms with Crippen LogP contribution >= 0.6 is 11.8 Å². The van der Waals surface area contributed by atoms with Crippen molar-refractivity contribution < 1.29 is 4.79 Å². The molecule has 1 unspecified atom stereocenters. The van der Waals surface area contributed by atoms with Crippen molar-refractivity contribution in [3.63, 3.8) is 0 Å². The summed E-state index contributed by atoms with van der Waals surface area (Å²) < 4.78 is 0. The number of nitrogens with one attached hydrogen (secondary N) is 2. The number of amides is 1. The molecule has 0 aliphatic carbocycles. The molecule has 2 aliphatic rings. The van der Waals surface area contributed by atoms with Gasteiger partial charge < -0.3 is 10.6 Å². The SMILES string of the molecule is CCCC1(C(=O)NCC2CCSCC2)CCCNC1. The van der Waals surface area contributed by atoms with Gasteiger partial charge in [-0.25, -0.2) is 0 Å². The first kappa shape index (κ1) is 15.2. The Hall–Kier alpha value is -0.220. The van der Waals surface area contributed by atoms with Gasteiger partial charge in [0.05, 0.1) is 5.41 Å². The van der Waals surface area contributed by atoms with Crippen molar-refractivity contribution >= 4 is 17.7 Å². The fourth-order valence-corrected chi connectivity index (χ4v) is 4.55. The van der Waals surface area contributed by atoms with Crippen LogP contribution in [0.2, 0.25) is 0 Å². The van der Waals surface area contributed by atoms with Crippen LogP contribution in [-0.4, -0.2) is 37.0 Å². The molecule has 0 aromatic heterocycles. The minimum absolute atomic E-state index is 0.129. The van der Waals surface area contributed by atoms with Crippen molar-refractivity contribution in [1.82, 2.24) is 10.6 Å². The molecule has 19 heavy (non-hydrogen) atoms. The molecule has 3 nitrogen and oxygen atoms in total. The molecule has 1 atom stereocenters. The largest absolute Gasteiger partial charge is 0.355 e. The minimum Gasteiger partial charge on any atom is -0.355 e. The van der Waals surface area contributed by atoms with Crippen LogP contribution in [0.15, 0.2) is 0 Å². The van der Waals surface area contributed by atoms with E-state index in [1.807, 2.05) is 11.8 Å². The first-order chi connectivity index (χ1) is 9.27. The van der Waals surface area contributed by atoms with Crippen molar-refractivity contribution in [2.24, 2.45) is 11.3 Å². The molecule has 2 saturated heterocycles. The summed E-state index contributed by atoms with van der Waals surface area (Å²) in [4.78, 5) is 12.6. The van der Waals surface area contributed by atoms with Gasteiger partial charge in [-0.2, -0.15) is 11.8 Å². The monoisotopic (exact) mass is 284 g/mol. The predicted octanol–water partition coefficient (Wildman–Crippen LogP) is 2.42. The Bertz CT molecular complexity index is 278. The number of thioether (sulfide) groups is 1. The summed E-state index contributed by atoms with van der Waals surface area (Å²) in [6.45, 7) is 5.01. The molecule has 2 aliphatic heterocycles. The van der Waals surface area contributed by atoms with Crippen LogP contribution in [0, 0.1) is 11.3 Å². The topological polar surface area (TPSA) is 41.1 Å². The fraction of sp³-hybridized carbons (Fsp3) is 0.933. The van der Waals surface area contributed by atoms with E-state index in [0.717, 1.165) is 45.3 Å². The maximum atomic E-state index is 12.6. The summed E-state index contributed by atoms with van der Waals surface area (Å²) in [5, 5.41) is 6.67. The zero-order chi connectivity index (χ0) is 13.6. The maximum absolute atomic E-state index is 12.6. The molecule has 0 radical (unpaired) electrons. The average Bonchev–Trinajstić information content (AvgIpc) is 2.47. The molecule has 0 aromatic carbocycles. The summed E-state index contributed by atoms with van der Waals surface area (Å²) in [6, 6.07) is 0. The Labute approximate surface area is 121 Å². The maximum Gasteiger partial charge on any atom is 0.227 e. The Kier molecular flexibility index (Phi) is 6.02. The van der Waals surface area contributed by atoms with Crippen molar-refractivity contribution in [2.45, 2.75) is 45.4 Å². The van der Waals surface area contributed by atoms with Gasteiger partial charge in [0.15, 0.2) is 0 Å². The van der Waals surface area contributed by atoms with Gasteiger partial charge in [0, 0.05) is 13.1 Å². The number of carbonyl (C=O) groups excluding carboxylic acids is 1. The Morgan fingerprint density at radius 3 is 2.84 bits per heavy atom. The summed E-state index contributed by atoms with van der Waals surface area (Å²) in [5.41, 5.74) is -0.129. The van der Waals surface area contributed by atoms with Gasteiger partial charge in [-0.1, -0.05) is 13.3 Å². The van der Waals surface area contributed by atoms with Gasteiger partial charge in [0.25, 0.3) is 0 Å². The molecule has 0 aromatic rings. The highest BCUT2D eigenvalue weighted by Crippen LogP contribution is 2.32. The van der Waals surface area contributed by atoms with Crippen LogP contribution in [-0.2, 0) is 4.79 Å². The second-order valence-corrected chi connectivity index (χ2v) is 7.30. The first-order valence-corrected chi connectivity index (χ1v) is 8.99. The van der Waals surface area contributed by atoms with E-state index in [-0.39, 0.29) is 5.41 Å². The second kappa shape index (κ2) is 7.53. The zero-order valence-electron chi connectivity index (χ0n) is 12.2. The third-order valence-corrected chi connectivity index (χ3v) is 5.62. The van der Waals surface area contributed by atoms with Crippen LogP contribution in [0.25, 0.3) is 0 Å². The van der Waals surface area contributed by atoms with E-state index in [1.165, 1.54) is 24.3 Å². The Morgan fingerprint density at radius 2 is 2.21 bits per heavy atom. The van der Waals surface area contributed by atoms with Crippen molar-refractivity contribution in [3.05, 3.63) is 0 Å². The summed E-state index contributed by atoms with van der Waals surface area (Å²) in [5.74, 6) is 3.55.